The first kappa shape index (κ1) is 10.3. The second-order valence-corrected chi connectivity index (χ2v) is 4.40. The molecule has 0 radical (unpaired) electrons. The van der Waals surface area contributed by atoms with E-state index in [-0.39, 0.29) is 0 Å². The molecule has 15 heavy (non-hydrogen) atoms. The molecule has 0 saturated heterocycles. The first-order valence-electron chi connectivity index (χ1n) is 4.80. The van der Waals surface area contributed by atoms with Crippen LogP contribution in [0, 0.1) is 6.92 Å². The maximum absolute atomic E-state index is 5.87. The zero-order chi connectivity index (χ0) is 10.8. The van der Waals surface area contributed by atoms with Gasteiger partial charge in [-0.05, 0) is 24.8 Å². The highest BCUT2D eigenvalue weighted by Gasteiger charge is 2.09. The molecule has 0 aliphatic heterocycles. The van der Waals surface area contributed by atoms with Crippen molar-refractivity contribution in [1.82, 2.24) is 14.5 Å². The van der Waals surface area contributed by atoms with E-state index in [2.05, 4.69) is 16.2 Å². The maximum Gasteiger partial charge on any atom is 0.202 e. The fourth-order valence-corrected chi connectivity index (χ4v) is 1.92. The number of hydrogen-bond acceptors (Lipinski definition) is 4. The highest BCUT2D eigenvalue weighted by Crippen LogP contribution is 2.18. The zero-order valence-electron chi connectivity index (χ0n) is 8.90. The average molecular weight is 222 g/mol. The van der Waals surface area contributed by atoms with Gasteiger partial charge >= 0.3 is 0 Å². The van der Waals surface area contributed by atoms with Crippen LogP contribution in [0.3, 0.4) is 0 Å². The number of fused-ring (bicyclic) bond motifs is 1. The summed E-state index contributed by atoms with van der Waals surface area (Å²) in [5.41, 5.74) is 8.79. The summed E-state index contributed by atoms with van der Waals surface area (Å²) in [7, 11) is 0. The summed E-state index contributed by atoms with van der Waals surface area (Å²) in [6.45, 7) is 2.88. The van der Waals surface area contributed by atoms with Crippen molar-refractivity contribution < 1.29 is 0 Å². The van der Waals surface area contributed by atoms with Gasteiger partial charge in [-0.3, -0.25) is 4.57 Å². The number of nitrogens with zero attached hydrogens (tertiary/aromatic N) is 3. The number of imidazole rings is 1. The SMILES string of the molecule is CSCCn1c(N)nc2c(C)ccnc21. The number of nitrogens with two attached hydrogens (primary N) is 1. The molecule has 5 heteroatoms. The molecule has 2 N–H and O–H groups in total. The van der Waals surface area contributed by atoms with Crippen LogP contribution in [0.25, 0.3) is 11.2 Å². The summed E-state index contributed by atoms with van der Waals surface area (Å²) in [5.74, 6) is 1.58. The van der Waals surface area contributed by atoms with Gasteiger partial charge in [-0.15, -0.1) is 0 Å². The van der Waals surface area contributed by atoms with Crippen LogP contribution < -0.4 is 5.73 Å². The van der Waals surface area contributed by atoms with Crippen LogP contribution in [-0.2, 0) is 6.54 Å². The minimum atomic E-state index is 0.556. The molecule has 0 fully saturated rings. The van der Waals surface area contributed by atoms with E-state index in [1.807, 2.05) is 17.6 Å². The third-order valence-electron chi connectivity index (χ3n) is 2.38. The Kier molecular flexibility index (Phi) is 2.81. The molecule has 4 nitrogen and oxygen atoms in total. The standard InChI is InChI=1S/C10H14N4S/c1-7-3-4-12-9-8(7)13-10(11)14(9)5-6-15-2/h3-4H,5-6H2,1-2H3,(H2,11,13). The summed E-state index contributed by atoms with van der Waals surface area (Å²) in [5, 5.41) is 0. The number of rotatable bonds is 3. The Bertz CT molecular complexity index is 477. The van der Waals surface area contributed by atoms with Crippen LogP contribution in [0.2, 0.25) is 0 Å². The smallest absolute Gasteiger partial charge is 0.202 e. The van der Waals surface area contributed by atoms with Gasteiger partial charge in [0.1, 0.15) is 5.52 Å². The van der Waals surface area contributed by atoms with Gasteiger partial charge < -0.3 is 5.73 Å². The number of nitrogen functional groups attached to an aromatic ring is 1. The van der Waals surface area contributed by atoms with E-state index in [1.165, 1.54) is 0 Å². The second-order valence-electron chi connectivity index (χ2n) is 3.41. The first-order valence-corrected chi connectivity index (χ1v) is 6.19. The van der Waals surface area contributed by atoms with Crippen LogP contribution in [0.15, 0.2) is 12.3 Å². The Balaban J connectivity index is 2.53. The molecule has 0 spiro atoms. The molecule has 0 aromatic carbocycles. The zero-order valence-corrected chi connectivity index (χ0v) is 9.71. The Labute approximate surface area is 92.9 Å². The van der Waals surface area contributed by atoms with Crippen LogP contribution in [0.5, 0.6) is 0 Å². The highest BCUT2D eigenvalue weighted by atomic mass is 32.2. The van der Waals surface area contributed by atoms with Crippen molar-refractivity contribution in [3.05, 3.63) is 17.8 Å². The first-order chi connectivity index (χ1) is 7.24. The predicted octanol–water partition coefficient (Wildman–Crippen LogP) is 1.68. The monoisotopic (exact) mass is 222 g/mol. The van der Waals surface area contributed by atoms with Gasteiger partial charge in [-0.1, -0.05) is 0 Å². The van der Waals surface area contributed by atoms with Crippen molar-refractivity contribution in [2.45, 2.75) is 13.5 Å². The lowest BCUT2D eigenvalue weighted by atomic mass is 10.3. The van der Waals surface area contributed by atoms with E-state index in [9.17, 15) is 0 Å². The molecule has 2 rings (SSSR count). The second kappa shape index (κ2) is 4.10. The molecule has 0 saturated carbocycles. The van der Waals surface area contributed by atoms with Crippen LogP contribution in [0.4, 0.5) is 5.95 Å². The van der Waals surface area contributed by atoms with Crippen LogP contribution in [0.1, 0.15) is 5.56 Å². The van der Waals surface area contributed by atoms with E-state index in [0.717, 1.165) is 29.0 Å². The van der Waals surface area contributed by atoms with E-state index in [0.29, 0.717) is 5.95 Å². The van der Waals surface area contributed by atoms with Crippen molar-refractivity contribution in [1.29, 1.82) is 0 Å². The molecule has 0 aliphatic rings. The lowest BCUT2D eigenvalue weighted by Gasteiger charge is -2.03. The van der Waals surface area contributed by atoms with Gasteiger partial charge in [0, 0.05) is 18.5 Å². The minimum absolute atomic E-state index is 0.556. The van der Waals surface area contributed by atoms with Gasteiger partial charge in [-0.2, -0.15) is 11.8 Å². The van der Waals surface area contributed by atoms with Crippen molar-refractivity contribution in [3.63, 3.8) is 0 Å². The molecular weight excluding hydrogens is 208 g/mol. The summed E-state index contributed by atoms with van der Waals surface area (Å²) < 4.78 is 1.97. The third kappa shape index (κ3) is 1.79. The molecule has 2 aromatic rings. The lowest BCUT2D eigenvalue weighted by molar-refractivity contribution is 0.801. The fraction of sp³-hybridized carbons (Fsp3) is 0.400. The van der Waals surface area contributed by atoms with Gasteiger partial charge in [0.25, 0.3) is 0 Å². The van der Waals surface area contributed by atoms with Gasteiger partial charge in [-0.25, -0.2) is 9.97 Å². The summed E-state index contributed by atoms with van der Waals surface area (Å²) >= 11 is 1.79. The van der Waals surface area contributed by atoms with Gasteiger partial charge in [0.05, 0.1) is 0 Å². The molecule has 0 amide bonds. The molecule has 0 unspecified atom stereocenters. The molecule has 2 aromatic heterocycles. The predicted molar refractivity (Wildman–Crippen MR) is 65.1 cm³/mol. The average Bonchev–Trinajstić information content (AvgIpc) is 2.54. The minimum Gasteiger partial charge on any atom is -0.369 e. The summed E-state index contributed by atoms with van der Waals surface area (Å²) in [4.78, 5) is 8.66. The highest BCUT2D eigenvalue weighted by molar-refractivity contribution is 7.98. The molecule has 0 atom stereocenters. The van der Waals surface area contributed by atoms with Crippen molar-refractivity contribution in [2.24, 2.45) is 0 Å². The molecule has 80 valence electrons. The topological polar surface area (TPSA) is 56.7 Å². The Morgan fingerprint density at radius 1 is 1.53 bits per heavy atom. The molecular formula is C10H14N4S. The number of pyridine rings is 1. The Morgan fingerprint density at radius 3 is 3.07 bits per heavy atom. The fourth-order valence-electron chi connectivity index (χ4n) is 1.56. The number of aryl methyl sites for hydroxylation is 2. The summed E-state index contributed by atoms with van der Waals surface area (Å²) in [6.07, 6.45) is 3.88. The molecule has 2 heterocycles. The lowest BCUT2D eigenvalue weighted by Crippen LogP contribution is -2.05. The van der Waals surface area contributed by atoms with Crippen LogP contribution in [-0.4, -0.2) is 26.5 Å². The van der Waals surface area contributed by atoms with Crippen molar-refractivity contribution in [2.75, 3.05) is 17.7 Å². The number of aromatic nitrogens is 3. The maximum atomic E-state index is 5.87. The normalized spacial score (nSPS) is 11.1. The van der Waals surface area contributed by atoms with Crippen LogP contribution >= 0.6 is 11.8 Å². The van der Waals surface area contributed by atoms with Crippen molar-refractivity contribution in [3.8, 4) is 0 Å². The largest absolute Gasteiger partial charge is 0.369 e. The number of anilines is 1. The number of thioether (sulfide) groups is 1. The summed E-state index contributed by atoms with van der Waals surface area (Å²) in [6, 6.07) is 1.95. The molecule has 0 aliphatic carbocycles. The van der Waals surface area contributed by atoms with E-state index < -0.39 is 0 Å². The van der Waals surface area contributed by atoms with E-state index in [4.69, 9.17) is 5.73 Å². The third-order valence-corrected chi connectivity index (χ3v) is 2.98. The number of hydrogen-bond donors (Lipinski definition) is 1. The van der Waals surface area contributed by atoms with Crippen molar-refractivity contribution >= 4 is 28.9 Å². The quantitative estimate of drug-likeness (QED) is 0.858. The van der Waals surface area contributed by atoms with E-state index in [1.54, 1.807) is 18.0 Å². The van der Waals surface area contributed by atoms with E-state index >= 15 is 0 Å². The Hall–Kier alpha value is -1.23. The Morgan fingerprint density at radius 2 is 2.33 bits per heavy atom. The van der Waals surface area contributed by atoms with Gasteiger partial charge in [0.15, 0.2) is 5.65 Å². The molecule has 0 bridgehead atoms. The van der Waals surface area contributed by atoms with Gasteiger partial charge in [0.2, 0.25) is 5.95 Å².